The van der Waals surface area contributed by atoms with Crippen molar-refractivity contribution in [1.82, 2.24) is 0 Å². The van der Waals surface area contributed by atoms with Crippen molar-refractivity contribution in [3.63, 3.8) is 0 Å². The van der Waals surface area contributed by atoms with E-state index < -0.39 is 0 Å². The molecule has 0 spiro atoms. The van der Waals surface area contributed by atoms with Crippen molar-refractivity contribution < 1.29 is 0 Å². The second-order valence-corrected chi connectivity index (χ2v) is 3.54. The topological polar surface area (TPSA) is 0 Å². The number of rotatable bonds is 5. The molecule has 0 aromatic rings. The van der Waals surface area contributed by atoms with Crippen LogP contribution in [0.25, 0.3) is 0 Å². The highest BCUT2D eigenvalue weighted by molar-refractivity contribution is 8.02. The highest BCUT2D eigenvalue weighted by Crippen LogP contribution is 2.21. The molecular formula is C10H16S. The zero-order chi connectivity index (χ0) is 8.69. The molecule has 2 unspecified atom stereocenters. The maximum Gasteiger partial charge on any atom is 0.0325 e. The molecule has 62 valence electrons. The molecule has 2 atom stereocenters. The van der Waals surface area contributed by atoms with Crippen LogP contribution >= 0.6 is 11.8 Å². The third-order valence-electron chi connectivity index (χ3n) is 1.50. The summed E-state index contributed by atoms with van der Waals surface area (Å²) in [6.07, 6.45) is 6.23. The second-order valence-electron chi connectivity index (χ2n) is 2.39. The predicted octanol–water partition coefficient (Wildman–Crippen LogP) is 3.63. The fourth-order valence-corrected chi connectivity index (χ4v) is 1.59. The van der Waals surface area contributed by atoms with Crippen LogP contribution in [0.2, 0.25) is 0 Å². The molecule has 11 heavy (non-hydrogen) atoms. The van der Waals surface area contributed by atoms with Crippen LogP contribution in [0.15, 0.2) is 36.8 Å². The summed E-state index contributed by atoms with van der Waals surface area (Å²) in [5.41, 5.74) is 0. The molecule has 0 aliphatic heterocycles. The largest absolute Gasteiger partial charge is 0.127 e. The molecule has 0 aliphatic rings. The van der Waals surface area contributed by atoms with E-state index in [1.807, 2.05) is 18.4 Å². The maximum absolute atomic E-state index is 3.78. The zero-order valence-corrected chi connectivity index (χ0v) is 8.10. The lowest BCUT2D eigenvalue weighted by atomic mass is 10.1. The minimum atomic E-state index is 0.462. The average Bonchev–Trinajstić information content (AvgIpc) is 2.00. The Kier molecular flexibility index (Phi) is 6.05. The van der Waals surface area contributed by atoms with Crippen molar-refractivity contribution in [1.29, 1.82) is 0 Å². The van der Waals surface area contributed by atoms with Gasteiger partial charge in [-0.1, -0.05) is 31.7 Å². The van der Waals surface area contributed by atoms with Gasteiger partial charge in [0.05, 0.1) is 0 Å². The summed E-state index contributed by atoms with van der Waals surface area (Å²) >= 11 is 1.72. The lowest BCUT2D eigenvalue weighted by Crippen LogP contribution is -2.07. The van der Waals surface area contributed by atoms with E-state index >= 15 is 0 Å². The van der Waals surface area contributed by atoms with Gasteiger partial charge in [-0.25, -0.2) is 0 Å². The quantitative estimate of drug-likeness (QED) is 0.565. The van der Waals surface area contributed by atoms with Crippen molar-refractivity contribution in [3.05, 3.63) is 36.8 Å². The molecule has 0 aromatic carbocycles. The summed E-state index contributed by atoms with van der Waals surface area (Å²) in [5.74, 6) is 0.542. The molecule has 0 amide bonds. The van der Waals surface area contributed by atoms with Crippen LogP contribution in [0.5, 0.6) is 0 Å². The third-order valence-corrected chi connectivity index (χ3v) is 2.63. The highest BCUT2D eigenvalue weighted by Gasteiger charge is 2.08. The Labute approximate surface area is 74.1 Å². The second kappa shape index (κ2) is 6.29. The van der Waals surface area contributed by atoms with Gasteiger partial charge in [-0.3, -0.25) is 0 Å². The van der Waals surface area contributed by atoms with Crippen molar-refractivity contribution in [2.75, 3.05) is 0 Å². The number of allylic oxidation sites excluding steroid dienone is 2. The van der Waals surface area contributed by atoms with E-state index in [-0.39, 0.29) is 0 Å². The minimum Gasteiger partial charge on any atom is -0.127 e. The van der Waals surface area contributed by atoms with E-state index in [0.29, 0.717) is 11.2 Å². The van der Waals surface area contributed by atoms with E-state index in [2.05, 4.69) is 32.2 Å². The van der Waals surface area contributed by atoms with Crippen LogP contribution in [0, 0.1) is 5.92 Å². The molecule has 1 heteroatoms. The highest BCUT2D eigenvalue weighted by atomic mass is 32.2. The lowest BCUT2D eigenvalue weighted by Gasteiger charge is -2.13. The van der Waals surface area contributed by atoms with Crippen molar-refractivity contribution in [2.45, 2.75) is 19.1 Å². The summed E-state index contributed by atoms with van der Waals surface area (Å²) in [4.78, 5) is 0. The summed E-state index contributed by atoms with van der Waals surface area (Å²) in [7, 11) is 0. The summed E-state index contributed by atoms with van der Waals surface area (Å²) in [5, 5.41) is 2.33. The number of thioether (sulfide) groups is 1. The SMILES string of the molecule is C=CSC(C=C)C(C)/C=C\C. The van der Waals surface area contributed by atoms with E-state index in [1.54, 1.807) is 11.8 Å². The van der Waals surface area contributed by atoms with Gasteiger partial charge in [0.1, 0.15) is 0 Å². The lowest BCUT2D eigenvalue weighted by molar-refractivity contribution is 0.762. The van der Waals surface area contributed by atoms with E-state index in [1.165, 1.54) is 0 Å². The molecule has 0 aromatic heterocycles. The third kappa shape index (κ3) is 4.10. The van der Waals surface area contributed by atoms with Gasteiger partial charge in [-0.05, 0) is 18.2 Å². The molecule has 0 saturated heterocycles. The summed E-state index contributed by atoms with van der Waals surface area (Å²) < 4.78 is 0. The van der Waals surface area contributed by atoms with Gasteiger partial charge in [0.2, 0.25) is 0 Å². The maximum atomic E-state index is 3.78. The van der Waals surface area contributed by atoms with Crippen LogP contribution < -0.4 is 0 Å². The van der Waals surface area contributed by atoms with Gasteiger partial charge < -0.3 is 0 Å². The Morgan fingerprint density at radius 2 is 2.00 bits per heavy atom. The van der Waals surface area contributed by atoms with Crippen LogP contribution in [0.1, 0.15) is 13.8 Å². The molecule has 0 rings (SSSR count). The normalized spacial score (nSPS) is 16.2. The molecule has 0 radical (unpaired) electrons. The first-order valence-electron chi connectivity index (χ1n) is 3.78. The Morgan fingerprint density at radius 3 is 2.36 bits per heavy atom. The number of hydrogen-bond acceptors (Lipinski definition) is 1. The van der Waals surface area contributed by atoms with Crippen molar-refractivity contribution >= 4 is 11.8 Å². The number of hydrogen-bond donors (Lipinski definition) is 0. The first-order chi connectivity index (χ1) is 5.26. The fraction of sp³-hybridized carbons (Fsp3) is 0.400. The standard InChI is InChI=1S/C10H16S/c1-5-8-9(4)10(6-2)11-7-3/h5-10H,2-3H2,1,4H3/b8-5-. The Morgan fingerprint density at radius 1 is 1.36 bits per heavy atom. The van der Waals surface area contributed by atoms with E-state index in [4.69, 9.17) is 0 Å². The van der Waals surface area contributed by atoms with E-state index in [9.17, 15) is 0 Å². The smallest absolute Gasteiger partial charge is 0.0325 e. The van der Waals surface area contributed by atoms with Crippen molar-refractivity contribution in [3.8, 4) is 0 Å². The van der Waals surface area contributed by atoms with Gasteiger partial charge in [-0.2, -0.15) is 0 Å². The van der Waals surface area contributed by atoms with Gasteiger partial charge in [0.25, 0.3) is 0 Å². The molecule has 0 nitrogen and oxygen atoms in total. The fourth-order valence-electron chi connectivity index (χ4n) is 0.918. The van der Waals surface area contributed by atoms with Gasteiger partial charge in [0.15, 0.2) is 0 Å². The van der Waals surface area contributed by atoms with Crippen LogP contribution in [0.4, 0.5) is 0 Å². The molecule has 0 saturated carbocycles. The zero-order valence-electron chi connectivity index (χ0n) is 7.29. The Bertz CT molecular complexity index is 147. The average molecular weight is 168 g/mol. The minimum absolute atomic E-state index is 0.462. The summed E-state index contributed by atoms with van der Waals surface area (Å²) in [6, 6.07) is 0. The summed E-state index contributed by atoms with van der Waals surface area (Å²) in [6.45, 7) is 11.7. The Balaban J connectivity index is 4.00. The van der Waals surface area contributed by atoms with Crippen LogP contribution in [0.3, 0.4) is 0 Å². The molecule has 0 N–H and O–H groups in total. The molecule has 0 aliphatic carbocycles. The Hall–Kier alpha value is -0.430. The first kappa shape index (κ1) is 10.6. The van der Waals surface area contributed by atoms with Crippen molar-refractivity contribution in [2.24, 2.45) is 5.92 Å². The van der Waals surface area contributed by atoms with Gasteiger partial charge >= 0.3 is 0 Å². The van der Waals surface area contributed by atoms with Crippen LogP contribution in [-0.2, 0) is 0 Å². The monoisotopic (exact) mass is 168 g/mol. The molecule has 0 fully saturated rings. The first-order valence-corrected chi connectivity index (χ1v) is 4.72. The van der Waals surface area contributed by atoms with Gasteiger partial charge in [0, 0.05) is 5.25 Å². The van der Waals surface area contributed by atoms with Gasteiger partial charge in [-0.15, -0.1) is 18.3 Å². The molecular weight excluding hydrogens is 152 g/mol. The predicted molar refractivity (Wildman–Crippen MR) is 55.8 cm³/mol. The molecule has 0 heterocycles. The van der Waals surface area contributed by atoms with Crippen LogP contribution in [-0.4, -0.2) is 5.25 Å². The molecule has 0 bridgehead atoms. The van der Waals surface area contributed by atoms with E-state index in [0.717, 1.165) is 0 Å².